The number of hydrogen-bond acceptors (Lipinski definition) is 2. The van der Waals surface area contributed by atoms with Crippen molar-refractivity contribution in [2.45, 2.75) is 33.2 Å². The smallest absolute Gasteiger partial charge is 0.289 e. The van der Waals surface area contributed by atoms with Crippen LogP contribution in [0.4, 0.5) is 0 Å². The molecule has 0 radical (unpaired) electrons. The van der Waals surface area contributed by atoms with Crippen molar-refractivity contribution >= 4 is 11.7 Å². The fraction of sp³-hybridized carbons (Fsp3) is 0.429. The van der Waals surface area contributed by atoms with Gasteiger partial charge in [-0.05, 0) is 17.5 Å². The van der Waals surface area contributed by atoms with Crippen LogP contribution in [0.2, 0.25) is 0 Å². The van der Waals surface area contributed by atoms with Crippen LogP contribution in [-0.2, 0) is 22.6 Å². The number of benzene rings is 1. The maximum absolute atomic E-state index is 11.4. The van der Waals surface area contributed by atoms with Gasteiger partial charge in [0.1, 0.15) is 0 Å². The maximum Gasteiger partial charge on any atom is 0.289 e. The first kappa shape index (κ1) is 13.4. The molecule has 1 rings (SSSR count). The minimum Gasteiger partial charge on any atom is -0.335 e. The van der Waals surface area contributed by atoms with Crippen LogP contribution in [0.15, 0.2) is 24.3 Å². The lowest BCUT2D eigenvalue weighted by molar-refractivity contribution is -0.143. The molecule has 0 saturated heterocycles. The van der Waals surface area contributed by atoms with Crippen LogP contribution in [-0.4, -0.2) is 23.6 Å². The van der Waals surface area contributed by atoms with E-state index in [2.05, 4.69) is 19.1 Å². The Morgan fingerprint density at radius 3 is 2.12 bits per heavy atom. The van der Waals surface area contributed by atoms with Crippen LogP contribution in [0, 0.1) is 0 Å². The van der Waals surface area contributed by atoms with Crippen LogP contribution >= 0.6 is 0 Å². The Bertz CT molecular complexity index is 395. The molecule has 0 atom stereocenters. The second-order valence-corrected chi connectivity index (χ2v) is 4.28. The van der Waals surface area contributed by atoms with Crippen LogP contribution in [0.5, 0.6) is 0 Å². The Kier molecular flexibility index (Phi) is 4.88. The second kappa shape index (κ2) is 6.18. The summed E-state index contributed by atoms with van der Waals surface area (Å²) in [7, 11) is 1.64. The van der Waals surface area contributed by atoms with E-state index in [-0.39, 0.29) is 0 Å². The molecule has 3 nitrogen and oxygen atoms in total. The van der Waals surface area contributed by atoms with Gasteiger partial charge in [0.05, 0.1) is 0 Å². The summed E-state index contributed by atoms with van der Waals surface area (Å²) in [5.41, 5.74) is 2.35. The lowest BCUT2D eigenvalue weighted by atomic mass is 10.1. The fourth-order valence-electron chi connectivity index (χ4n) is 1.71. The average molecular weight is 233 g/mol. The van der Waals surface area contributed by atoms with Crippen LogP contribution in [0.25, 0.3) is 0 Å². The molecule has 3 heteroatoms. The molecule has 0 aromatic heterocycles. The van der Waals surface area contributed by atoms with E-state index in [0.29, 0.717) is 6.54 Å². The average Bonchev–Trinajstić information content (AvgIpc) is 2.30. The summed E-state index contributed by atoms with van der Waals surface area (Å²) in [4.78, 5) is 23.8. The van der Waals surface area contributed by atoms with Crippen molar-refractivity contribution in [2.24, 2.45) is 0 Å². The fourth-order valence-corrected chi connectivity index (χ4v) is 1.71. The molecule has 0 bridgehead atoms. The molecule has 0 unspecified atom stereocenters. The molecule has 17 heavy (non-hydrogen) atoms. The number of nitrogens with zero attached hydrogens (tertiary/aromatic N) is 1. The van der Waals surface area contributed by atoms with Gasteiger partial charge in [-0.3, -0.25) is 9.59 Å². The summed E-state index contributed by atoms with van der Waals surface area (Å²) in [5, 5.41) is 0. The van der Waals surface area contributed by atoms with E-state index in [1.807, 2.05) is 12.1 Å². The first-order chi connectivity index (χ1) is 8.04. The third-order valence-corrected chi connectivity index (χ3v) is 2.63. The number of likely N-dealkylation sites (N-methyl/N-ethyl adjacent to an activating group) is 1. The third kappa shape index (κ3) is 4.02. The third-order valence-electron chi connectivity index (χ3n) is 2.63. The highest BCUT2D eigenvalue weighted by Crippen LogP contribution is 2.08. The monoisotopic (exact) mass is 233 g/mol. The number of ketones is 1. The van der Waals surface area contributed by atoms with E-state index in [0.717, 1.165) is 18.4 Å². The number of carbonyl (C=O) groups is 2. The highest BCUT2D eigenvalue weighted by Gasteiger charge is 2.13. The molecule has 1 amide bonds. The van der Waals surface area contributed by atoms with Crippen molar-refractivity contribution in [3.63, 3.8) is 0 Å². The largest absolute Gasteiger partial charge is 0.335 e. The molecule has 0 aliphatic rings. The minimum atomic E-state index is -0.442. The quantitative estimate of drug-likeness (QED) is 0.731. The number of aryl methyl sites for hydroxylation is 1. The van der Waals surface area contributed by atoms with Gasteiger partial charge in [0.2, 0.25) is 5.78 Å². The SMILES string of the molecule is CCCc1ccc(CN(C)C(=O)C(C)=O)cc1. The van der Waals surface area contributed by atoms with Gasteiger partial charge in [0.25, 0.3) is 5.91 Å². The molecule has 0 aliphatic carbocycles. The lowest BCUT2D eigenvalue weighted by Gasteiger charge is -2.15. The summed E-state index contributed by atoms with van der Waals surface area (Å²) < 4.78 is 0. The van der Waals surface area contributed by atoms with E-state index >= 15 is 0 Å². The van der Waals surface area contributed by atoms with Crippen LogP contribution in [0.1, 0.15) is 31.4 Å². The Labute approximate surface area is 102 Å². The second-order valence-electron chi connectivity index (χ2n) is 4.28. The summed E-state index contributed by atoms with van der Waals surface area (Å²) in [5.74, 6) is -0.863. The van der Waals surface area contributed by atoms with Gasteiger partial charge in [-0.15, -0.1) is 0 Å². The number of amides is 1. The molecular formula is C14H19NO2. The molecule has 0 fully saturated rings. The van der Waals surface area contributed by atoms with E-state index < -0.39 is 11.7 Å². The van der Waals surface area contributed by atoms with Crippen molar-refractivity contribution in [3.8, 4) is 0 Å². The van der Waals surface area contributed by atoms with Crippen molar-refractivity contribution in [3.05, 3.63) is 35.4 Å². The van der Waals surface area contributed by atoms with E-state index in [9.17, 15) is 9.59 Å². The van der Waals surface area contributed by atoms with Gasteiger partial charge in [0.15, 0.2) is 0 Å². The van der Waals surface area contributed by atoms with Gasteiger partial charge in [-0.1, -0.05) is 37.6 Å². The minimum absolute atomic E-state index is 0.421. The standard InChI is InChI=1S/C14H19NO2/c1-4-5-12-6-8-13(9-7-12)10-15(3)14(17)11(2)16/h6-9H,4-5,10H2,1-3H3. The molecule has 0 N–H and O–H groups in total. The molecular weight excluding hydrogens is 214 g/mol. The van der Waals surface area contributed by atoms with Crippen LogP contribution < -0.4 is 0 Å². The Hall–Kier alpha value is -1.64. The van der Waals surface area contributed by atoms with Gasteiger partial charge < -0.3 is 4.90 Å². The zero-order valence-corrected chi connectivity index (χ0v) is 10.7. The summed E-state index contributed by atoms with van der Waals surface area (Å²) in [6, 6.07) is 8.17. The molecule has 0 aliphatic heterocycles. The van der Waals surface area contributed by atoms with E-state index in [4.69, 9.17) is 0 Å². The first-order valence-corrected chi connectivity index (χ1v) is 5.88. The number of Topliss-reactive ketones (excluding diaryl/α,β-unsaturated/α-hetero) is 1. The lowest BCUT2D eigenvalue weighted by Crippen LogP contribution is -2.31. The first-order valence-electron chi connectivity index (χ1n) is 5.88. The molecule has 1 aromatic carbocycles. The van der Waals surface area contributed by atoms with Crippen molar-refractivity contribution < 1.29 is 9.59 Å². The van der Waals surface area contributed by atoms with Crippen LogP contribution in [0.3, 0.4) is 0 Å². The maximum atomic E-state index is 11.4. The molecule has 1 aromatic rings. The number of rotatable bonds is 5. The van der Waals surface area contributed by atoms with Gasteiger partial charge in [-0.25, -0.2) is 0 Å². The Balaban J connectivity index is 2.63. The highest BCUT2D eigenvalue weighted by molar-refractivity contribution is 6.34. The topological polar surface area (TPSA) is 37.4 Å². The highest BCUT2D eigenvalue weighted by atomic mass is 16.2. The summed E-state index contributed by atoms with van der Waals surface area (Å²) in [6.07, 6.45) is 2.20. The predicted molar refractivity (Wildman–Crippen MR) is 67.6 cm³/mol. The van der Waals surface area contributed by atoms with Crippen molar-refractivity contribution in [2.75, 3.05) is 7.05 Å². The zero-order valence-electron chi connectivity index (χ0n) is 10.7. The van der Waals surface area contributed by atoms with Crippen molar-refractivity contribution in [1.29, 1.82) is 0 Å². The van der Waals surface area contributed by atoms with Gasteiger partial charge in [-0.2, -0.15) is 0 Å². The Morgan fingerprint density at radius 2 is 1.65 bits per heavy atom. The zero-order chi connectivity index (χ0) is 12.8. The van der Waals surface area contributed by atoms with Gasteiger partial charge >= 0.3 is 0 Å². The van der Waals surface area contributed by atoms with E-state index in [1.165, 1.54) is 17.4 Å². The van der Waals surface area contributed by atoms with E-state index in [1.54, 1.807) is 7.05 Å². The molecule has 0 saturated carbocycles. The van der Waals surface area contributed by atoms with Crippen molar-refractivity contribution in [1.82, 2.24) is 4.90 Å². The van der Waals surface area contributed by atoms with Gasteiger partial charge in [0, 0.05) is 20.5 Å². The normalized spacial score (nSPS) is 10.1. The summed E-state index contributed by atoms with van der Waals surface area (Å²) >= 11 is 0. The molecule has 0 spiro atoms. The summed E-state index contributed by atoms with van der Waals surface area (Å²) in [6.45, 7) is 3.92. The number of hydrogen-bond donors (Lipinski definition) is 0. The predicted octanol–water partition coefficient (Wildman–Crippen LogP) is 2.19. The molecule has 92 valence electrons. The molecule has 0 heterocycles. The number of carbonyl (C=O) groups excluding carboxylic acids is 2. The Morgan fingerprint density at radius 1 is 1.12 bits per heavy atom.